The summed E-state index contributed by atoms with van der Waals surface area (Å²) >= 11 is 14.3. The fourth-order valence-electron chi connectivity index (χ4n) is 4.72. The van der Waals surface area contributed by atoms with E-state index in [2.05, 4.69) is 26.6 Å². The molecule has 0 amide bonds. The van der Waals surface area contributed by atoms with Crippen LogP contribution >= 0.6 is 35.0 Å². The lowest BCUT2D eigenvalue weighted by molar-refractivity contribution is 0.117. The Morgan fingerprint density at radius 2 is 1.81 bits per heavy atom. The first-order valence-corrected chi connectivity index (χ1v) is 13.0. The number of hydrogen-bond donors (Lipinski definition) is 1. The van der Waals surface area contributed by atoms with Crippen LogP contribution in [0.5, 0.6) is 0 Å². The lowest BCUT2D eigenvalue weighted by Crippen LogP contribution is -2.31. The van der Waals surface area contributed by atoms with E-state index in [1.165, 1.54) is 0 Å². The van der Waals surface area contributed by atoms with Crippen molar-refractivity contribution < 1.29 is 5.11 Å². The number of aromatic nitrogens is 6. The van der Waals surface area contributed by atoms with E-state index in [1.54, 1.807) is 41.1 Å². The predicted octanol–water partition coefficient (Wildman–Crippen LogP) is 5.32. The molecular weight excluding hydrogens is 515 g/mol. The molecule has 2 atom stereocenters. The van der Waals surface area contributed by atoms with Crippen molar-refractivity contribution >= 4 is 35.0 Å². The molecule has 1 aliphatic heterocycles. The van der Waals surface area contributed by atoms with Crippen molar-refractivity contribution in [2.45, 2.75) is 16.6 Å². The standard InChI is InChI=1S/C26H20Cl2N6OS/c1-33-15-29-13-23(33)26(35,17-5-8-19(27)9-6-17)18-7-10-22-21(12-18)25(16-3-2-4-20(28)11-16)36-14-24-30-31-32-34(22)24/h2-13,15,25,35H,14H2,1H3. The number of nitrogens with zero attached hydrogens (tertiary/aromatic N) is 6. The van der Waals surface area contributed by atoms with E-state index in [0.29, 0.717) is 32.6 Å². The molecule has 2 aromatic heterocycles. The van der Waals surface area contributed by atoms with Crippen LogP contribution in [0.2, 0.25) is 10.0 Å². The van der Waals surface area contributed by atoms with Gasteiger partial charge in [0.1, 0.15) is 0 Å². The van der Waals surface area contributed by atoms with Crippen molar-refractivity contribution in [1.82, 2.24) is 29.8 Å². The number of hydrogen-bond acceptors (Lipinski definition) is 6. The second-order valence-electron chi connectivity index (χ2n) is 8.63. The molecule has 7 nitrogen and oxygen atoms in total. The summed E-state index contributed by atoms with van der Waals surface area (Å²) in [5.74, 6) is 1.38. The maximum atomic E-state index is 12.4. The van der Waals surface area contributed by atoms with E-state index >= 15 is 0 Å². The smallest absolute Gasteiger partial charge is 0.166 e. The molecule has 6 rings (SSSR count). The monoisotopic (exact) mass is 534 g/mol. The molecule has 0 radical (unpaired) electrons. The number of imidazole rings is 1. The van der Waals surface area contributed by atoms with Gasteiger partial charge in [-0.1, -0.05) is 53.5 Å². The Labute approximate surface area is 221 Å². The van der Waals surface area contributed by atoms with Gasteiger partial charge in [0.15, 0.2) is 11.4 Å². The zero-order valence-electron chi connectivity index (χ0n) is 19.1. The van der Waals surface area contributed by atoms with Crippen LogP contribution in [0.4, 0.5) is 0 Å². The maximum Gasteiger partial charge on any atom is 0.166 e. The first kappa shape index (κ1) is 23.2. The van der Waals surface area contributed by atoms with Crippen molar-refractivity contribution in [1.29, 1.82) is 0 Å². The summed E-state index contributed by atoms with van der Waals surface area (Å²) in [4.78, 5) is 4.28. The Morgan fingerprint density at radius 1 is 1.00 bits per heavy atom. The van der Waals surface area contributed by atoms with Gasteiger partial charge >= 0.3 is 0 Å². The molecule has 0 saturated carbocycles. The van der Waals surface area contributed by atoms with Crippen molar-refractivity contribution in [3.63, 3.8) is 0 Å². The number of aryl methyl sites for hydroxylation is 1. The fourth-order valence-corrected chi connectivity index (χ4v) is 6.25. The van der Waals surface area contributed by atoms with E-state index in [0.717, 1.165) is 22.6 Å². The molecule has 0 saturated heterocycles. The van der Waals surface area contributed by atoms with Gasteiger partial charge in [0, 0.05) is 17.1 Å². The Balaban J connectivity index is 1.60. The highest BCUT2D eigenvalue weighted by Crippen LogP contribution is 2.46. The van der Waals surface area contributed by atoms with Gasteiger partial charge in [-0.05, 0) is 69.1 Å². The molecule has 3 heterocycles. The van der Waals surface area contributed by atoms with E-state index in [1.807, 2.05) is 60.1 Å². The van der Waals surface area contributed by atoms with Gasteiger partial charge in [0.05, 0.1) is 34.9 Å². The van der Waals surface area contributed by atoms with Crippen LogP contribution in [0.3, 0.4) is 0 Å². The summed E-state index contributed by atoms with van der Waals surface area (Å²) in [6, 6.07) is 21.0. The number of rotatable bonds is 4. The molecule has 0 fully saturated rings. The highest BCUT2D eigenvalue weighted by molar-refractivity contribution is 7.99. The van der Waals surface area contributed by atoms with Crippen LogP contribution in [0.25, 0.3) is 5.69 Å². The van der Waals surface area contributed by atoms with Gasteiger partial charge in [0.25, 0.3) is 0 Å². The highest BCUT2D eigenvalue weighted by Gasteiger charge is 2.38. The summed E-state index contributed by atoms with van der Waals surface area (Å²) in [5.41, 5.74) is 3.41. The van der Waals surface area contributed by atoms with Crippen LogP contribution in [0, 0.1) is 0 Å². The number of thioether (sulfide) groups is 1. The Hall–Kier alpha value is -3.17. The summed E-state index contributed by atoms with van der Waals surface area (Å²) in [6.45, 7) is 0. The summed E-state index contributed by atoms with van der Waals surface area (Å²) in [5, 5.41) is 26.0. The van der Waals surface area contributed by atoms with Crippen LogP contribution in [-0.2, 0) is 18.4 Å². The topological polar surface area (TPSA) is 81.7 Å². The van der Waals surface area contributed by atoms with Gasteiger partial charge < -0.3 is 9.67 Å². The van der Waals surface area contributed by atoms with E-state index in [4.69, 9.17) is 23.2 Å². The molecule has 0 aliphatic carbocycles. The van der Waals surface area contributed by atoms with Crippen molar-refractivity contribution in [2.75, 3.05) is 0 Å². The molecule has 5 aromatic rings. The number of fused-ring (bicyclic) bond motifs is 3. The van der Waals surface area contributed by atoms with Gasteiger partial charge in [-0.2, -0.15) is 4.68 Å². The summed E-state index contributed by atoms with van der Waals surface area (Å²) in [7, 11) is 1.87. The Bertz CT molecular complexity index is 1570. The van der Waals surface area contributed by atoms with Crippen molar-refractivity contribution in [3.05, 3.63) is 123 Å². The minimum atomic E-state index is -1.48. The number of tetrazole rings is 1. The quantitative estimate of drug-likeness (QED) is 0.336. The molecular formula is C26H20Cl2N6OS. The average molecular weight is 535 g/mol. The van der Waals surface area contributed by atoms with E-state index in [9.17, 15) is 5.11 Å². The van der Waals surface area contributed by atoms with Crippen molar-refractivity contribution in [3.8, 4) is 5.69 Å². The van der Waals surface area contributed by atoms with Gasteiger partial charge in [-0.15, -0.1) is 16.9 Å². The van der Waals surface area contributed by atoms with Crippen LogP contribution in [0.1, 0.15) is 39.0 Å². The van der Waals surface area contributed by atoms with Gasteiger partial charge in [-0.3, -0.25) is 0 Å². The third kappa shape index (κ3) is 3.81. The molecule has 36 heavy (non-hydrogen) atoms. The second kappa shape index (κ2) is 9.05. The first-order chi connectivity index (χ1) is 17.4. The third-order valence-corrected chi connectivity index (χ3v) is 8.24. The summed E-state index contributed by atoms with van der Waals surface area (Å²) in [6.07, 6.45) is 3.36. The number of aliphatic hydroxyl groups is 1. The zero-order valence-corrected chi connectivity index (χ0v) is 21.4. The molecule has 3 aromatic carbocycles. The Kier molecular flexibility index (Phi) is 5.84. The lowest BCUT2D eigenvalue weighted by Gasteiger charge is -2.31. The highest BCUT2D eigenvalue weighted by atomic mass is 35.5. The molecule has 10 heteroatoms. The van der Waals surface area contributed by atoms with Gasteiger partial charge in [0.2, 0.25) is 0 Å². The van der Waals surface area contributed by atoms with Gasteiger partial charge in [-0.25, -0.2) is 4.98 Å². The van der Waals surface area contributed by atoms with Crippen LogP contribution < -0.4 is 0 Å². The average Bonchev–Trinajstić information content (AvgIpc) is 3.50. The number of halogens is 2. The van der Waals surface area contributed by atoms with Crippen LogP contribution in [-0.4, -0.2) is 34.9 Å². The van der Waals surface area contributed by atoms with Crippen LogP contribution in [0.15, 0.2) is 79.3 Å². The fraction of sp³-hybridized carbons (Fsp3) is 0.154. The SMILES string of the molecule is Cn1cncc1C(O)(c1ccc(Cl)cc1)c1ccc2c(c1)C(c1cccc(Cl)c1)SCc1nnnn1-2. The normalized spacial score (nSPS) is 16.6. The molecule has 0 spiro atoms. The predicted molar refractivity (Wildman–Crippen MR) is 141 cm³/mol. The number of benzene rings is 3. The maximum absolute atomic E-state index is 12.4. The molecule has 1 N–H and O–H groups in total. The first-order valence-electron chi connectivity index (χ1n) is 11.2. The largest absolute Gasteiger partial charge is 0.374 e. The lowest BCUT2D eigenvalue weighted by atomic mass is 9.82. The Morgan fingerprint density at radius 3 is 2.56 bits per heavy atom. The second-order valence-corrected chi connectivity index (χ2v) is 10.6. The molecule has 1 aliphatic rings. The van der Waals surface area contributed by atoms with E-state index < -0.39 is 5.60 Å². The van der Waals surface area contributed by atoms with Crippen molar-refractivity contribution in [2.24, 2.45) is 7.05 Å². The summed E-state index contributed by atoms with van der Waals surface area (Å²) < 4.78 is 3.59. The molecule has 180 valence electrons. The molecule has 2 unspecified atom stereocenters. The minimum absolute atomic E-state index is 0.0665. The molecule has 0 bridgehead atoms. The minimum Gasteiger partial charge on any atom is -0.374 e. The third-order valence-electron chi connectivity index (χ3n) is 6.47. The van der Waals surface area contributed by atoms with E-state index in [-0.39, 0.29) is 5.25 Å². The zero-order chi connectivity index (χ0) is 24.9.